The molecule has 3 aliphatic rings. The quantitative estimate of drug-likeness (QED) is 0.772. The summed E-state index contributed by atoms with van der Waals surface area (Å²) in [6.07, 6.45) is 10.9. The second kappa shape index (κ2) is 10.9. The molecule has 0 aromatic carbocycles. The van der Waals surface area contributed by atoms with E-state index in [0.717, 1.165) is 63.7 Å². The van der Waals surface area contributed by atoms with Crippen LogP contribution in [0, 0.1) is 5.92 Å². The van der Waals surface area contributed by atoms with Gasteiger partial charge in [-0.15, -0.1) is 10.2 Å². The number of nitrogens with zero attached hydrogens (tertiary/aromatic N) is 5. The van der Waals surface area contributed by atoms with Gasteiger partial charge in [0.1, 0.15) is 0 Å². The van der Waals surface area contributed by atoms with Gasteiger partial charge in [0, 0.05) is 45.2 Å². The lowest BCUT2D eigenvalue weighted by Crippen LogP contribution is -2.43. The molecule has 30 heavy (non-hydrogen) atoms. The van der Waals surface area contributed by atoms with Gasteiger partial charge < -0.3 is 20.0 Å². The molecule has 4 rings (SSSR count). The molecule has 166 valence electrons. The van der Waals surface area contributed by atoms with Crippen LogP contribution in [0.1, 0.15) is 57.8 Å². The van der Waals surface area contributed by atoms with Crippen LogP contribution in [-0.4, -0.2) is 73.4 Å². The molecule has 0 unspecified atom stereocenters. The molecular formula is C23H38N6O. The minimum Gasteiger partial charge on any atom is -0.355 e. The number of hydrogen-bond acceptors (Lipinski definition) is 6. The number of anilines is 2. The summed E-state index contributed by atoms with van der Waals surface area (Å²) in [5, 5.41) is 12.1. The van der Waals surface area contributed by atoms with E-state index in [9.17, 15) is 4.79 Å². The highest BCUT2D eigenvalue weighted by atomic mass is 16.1. The van der Waals surface area contributed by atoms with Crippen molar-refractivity contribution in [3.8, 4) is 0 Å². The second-order valence-electron chi connectivity index (χ2n) is 9.11. The number of piperidine rings is 2. The third-order valence-corrected chi connectivity index (χ3v) is 6.93. The molecule has 1 amide bonds. The van der Waals surface area contributed by atoms with E-state index in [-0.39, 0.29) is 11.8 Å². The maximum Gasteiger partial charge on any atom is 0.223 e. The van der Waals surface area contributed by atoms with Crippen molar-refractivity contribution in [3.63, 3.8) is 0 Å². The smallest absolute Gasteiger partial charge is 0.223 e. The number of nitrogens with one attached hydrogen (secondary N) is 1. The molecule has 3 aliphatic heterocycles. The van der Waals surface area contributed by atoms with Gasteiger partial charge in [0.15, 0.2) is 11.6 Å². The lowest BCUT2D eigenvalue weighted by atomic mass is 9.96. The summed E-state index contributed by atoms with van der Waals surface area (Å²) < 4.78 is 0. The highest BCUT2D eigenvalue weighted by Crippen LogP contribution is 2.23. The van der Waals surface area contributed by atoms with Gasteiger partial charge in [-0.25, -0.2) is 0 Å². The van der Waals surface area contributed by atoms with Gasteiger partial charge >= 0.3 is 0 Å². The molecule has 1 N–H and O–H groups in total. The summed E-state index contributed by atoms with van der Waals surface area (Å²) in [5.41, 5.74) is 0. The molecule has 3 fully saturated rings. The van der Waals surface area contributed by atoms with Gasteiger partial charge in [0.25, 0.3) is 0 Å². The highest BCUT2D eigenvalue weighted by Gasteiger charge is 2.26. The summed E-state index contributed by atoms with van der Waals surface area (Å²) in [5.74, 6) is 2.30. The Balaban J connectivity index is 1.18. The number of amides is 1. The van der Waals surface area contributed by atoms with E-state index in [1.807, 2.05) is 0 Å². The fourth-order valence-corrected chi connectivity index (χ4v) is 4.99. The summed E-state index contributed by atoms with van der Waals surface area (Å²) >= 11 is 0. The third-order valence-electron chi connectivity index (χ3n) is 6.93. The monoisotopic (exact) mass is 414 g/mol. The van der Waals surface area contributed by atoms with E-state index in [0.29, 0.717) is 0 Å². The van der Waals surface area contributed by atoms with Gasteiger partial charge in [-0.1, -0.05) is 12.8 Å². The predicted molar refractivity (Wildman–Crippen MR) is 121 cm³/mol. The Labute approximate surface area is 181 Å². The zero-order chi connectivity index (χ0) is 20.6. The molecule has 3 saturated heterocycles. The van der Waals surface area contributed by atoms with Gasteiger partial charge in [-0.05, 0) is 70.2 Å². The van der Waals surface area contributed by atoms with E-state index in [1.165, 1.54) is 58.0 Å². The maximum atomic E-state index is 12.6. The SMILES string of the molecule is O=C(NCCN1CCCCCC1)C1CCN(c2ccc(N3CCCCC3)nn2)CC1. The first-order chi connectivity index (χ1) is 14.8. The Bertz CT molecular complexity index is 644. The summed E-state index contributed by atoms with van der Waals surface area (Å²) in [6.45, 7) is 8.08. The second-order valence-corrected chi connectivity index (χ2v) is 9.11. The molecule has 0 radical (unpaired) electrons. The van der Waals surface area contributed by atoms with E-state index < -0.39 is 0 Å². The lowest BCUT2D eigenvalue weighted by Gasteiger charge is -2.32. The van der Waals surface area contributed by atoms with Crippen LogP contribution in [0.2, 0.25) is 0 Å². The normalized spacial score (nSPS) is 22.0. The largest absolute Gasteiger partial charge is 0.355 e. The fraction of sp³-hybridized carbons (Fsp3) is 0.783. The minimum absolute atomic E-state index is 0.131. The molecule has 0 aliphatic carbocycles. The van der Waals surface area contributed by atoms with Crippen LogP contribution in [0.25, 0.3) is 0 Å². The van der Waals surface area contributed by atoms with E-state index in [2.05, 4.69) is 42.3 Å². The third kappa shape index (κ3) is 5.84. The van der Waals surface area contributed by atoms with Crippen molar-refractivity contribution in [1.29, 1.82) is 0 Å². The van der Waals surface area contributed by atoms with E-state index in [1.54, 1.807) is 0 Å². The Morgan fingerprint density at radius 3 is 1.93 bits per heavy atom. The molecule has 7 nitrogen and oxygen atoms in total. The van der Waals surface area contributed by atoms with Crippen molar-refractivity contribution < 1.29 is 4.79 Å². The number of hydrogen-bond donors (Lipinski definition) is 1. The first-order valence-corrected chi connectivity index (χ1v) is 12.1. The summed E-state index contributed by atoms with van der Waals surface area (Å²) in [4.78, 5) is 19.7. The topological polar surface area (TPSA) is 64.6 Å². The van der Waals surface area contributed by atoms with Crippen LogP contribution in [0.5, 0.6) is 0 Å². The van der Waals surface area contributed by atoms with Crippen molar-refractivity contribution in [2.45, 2.75) is 57.8 Å². The van der Waals surface area contributed by atoms with Crippen LogP contribution in [0.15, 0.2) is 12.1 Å². The number of carbonyl (C=O) groups excluding carboxylic acids is 1. The number of aromatic nitrogens is 2. The zero-order valence-corrected chi connectivity index (χ0v) is 18.4. The first kappa shape index (κ1) is 21.3. The van der Waals surface area contributed by atoms with E-state index in [4.69, 9.17) is 0 Å². The molecule has 7 heteroatoms. The first-order valence-electron chi connectivity index (χ1n) is 12.1. The molecular weight excluding hydrogens is 376 g/mol. The molecule has 0 spiro atoms. The lowest BCUT2D eigenvalue weighted by molar-refractivity contribution is -0.125. The van der Waals surface area contributed by atoms with E-state index >= 15 is 0 Å². The molecule has 0 atom stereocenters. The van der Waals surface area contributed by atoms with Crippen molar-refractivity contribution >= 4 is 17.5 Å². The van der Waals surface area contributed by atoms with Crippen LogP contribution in [0.3, 0.4) is 0 Å². The number of likely N-dealkylation sites (tertiary alicyclic amines) is 1. The predicted octanol–water partition coefficient (Wildman–Crippen LogP) is 2.68. The number of carbonyl (C=O) groups is 1. The number of rotatable bonds is 6. The Kier molecular flexibility index (Phi) is 7.78. The average molecular weight is 415 g/mol. The Hall–Kier alpha value is -1.89. The molecule has 1 aromatic rings. The Morgan fingerprint density at radius 2 is 1.33 bits per heavy atom. The van der Waals surface area contributed by atoms with Gasteiger partial charge in [0.2, 0.25) is 5.91 Å². The van der Waals surface area contributed by atoms with Crippen molar-refractivity contribution in [2.75, 3.05) is 62.2 Å². The summed E-state index contributed by atoms with van der Waals surface area (Å²) in [6, 6.07) is 4.20. The molecule has 0 bridgehead atoms. The van der Waals surface area contributed by atoms with Crippen molar-refractivity contribution in [2.24, 2.45) is 5.92 Å². The van der Waals surface area contributed by atoms with Crippen LogP contribution < -0.4 is 15.1 Å². The van der Waals surface area contributed by atoms with Gasteiger partial charge in [0.05, 0.1) is 0 Å². The summed E-state index contributed by atoms with van der Waals surface area (Å²) in [7, 11) is 0. The van der Waals surface area contributed by atoms with Crippen molar-refractivity contribution in [1.82, 2.24) is 20.4 Å². The molecule has 0 saturated carbocycles. The molecule has 1 aromatic heterocycles. The fourth-order valence-electron chi connectivity index (χ4n) is 4.99. The molecule has 4 heterocycles. The Morgan fingerprint density at radius 1 is 0.800 bits per heavy atom. The van der Waals surface area contributed by atoms with Crippen LogP contribution in [-0.2, 0) is 4.79 Å². The van der Waals surface area contributed by atoms with Gasteiger partial charge in [-0.3, -0.25) is 4.79 Å². The average Bonchev–Trinajstić information content (AvgIpc) is 3.09. The van der Waals surface area contributed by atoms with Crippen LogP contribution in [0.4, 0.5) is 11.6 Å². The van der Waals surface area contributed by atoms with Gasteiger partial charge in [-0.2, -0.15) is 0 Å². The standard InChI is InChI=1S/C23H38N6O/c30-23(24-12-19-27-13-4-1-2-5-14-27)20-10-17-29(18-11-20)22-9-8-21(25-26-22)28-15-6-3-7-16-28/h8-9,20H,1-7,10-19H2,(H,24,30). The highest BCUT2D eigenvalue weighted by molar-refractivity contribution is 5.79. The van der Waals surface area contributed by atoms with Crippen molar-refractivity contribution in [3.05, 3.63) is 12.1 Å². The van der Waals surface area contributed by atoms with Crippen LogP contribution >= 0.6 is 0 Å². The minimum atomic E-state index is 0.131. The maximum absolute atomic E-state index is 12.6. The zero-order valence-electron chi connectivity index (χ0n) is 18.4.